The number of pyridine rings is 1. The second-order valence-corrected chi connectivity index (χ2v) is 4.23. The number of rotatable bonds is 2. The smallest absolute Gasteiger partial charge is 0.292 e. The highest BCUT2D eigenvalue weighted by atomic mass is 16.2. The average Bonchev–Trinajstić information content (AvgIpc) is 2.85. The minimum Gasteiger partial charge on any atom is -0.334 e. The number of carbonyl (C=O) groups is 1. The van der Waals surface area contributed by atoms with Crippen molar-refractivity contribution in [2.24, 2.45) is 0 Å². The molecule has 0 aliphatic heterocycles. The fraction of sp³-hybridized carbons (Fsp3) is 0.0714. The standard InChI is InChI=1S/C14H12N4O/c1-9-5-4-8-15-12(9)18-14(19)13-16-10-6-2-3-7-11(10)17-13/h2-8H,1H3,(H,16,17)(H,15,18,19). The van der Waals surface area contributed by atoms with Gasteiger partial charge in [0.2, 0.25) is 0 Å². The van der Waals surface area contributed by atoms with Crippen LogP contribution >= 0.6 is 0 Å². The van der Waals surface area contributed by atoms with E-state index in [1.165, 1.54) is 0 Å². The highest BCUT2D eigenvalue weighted by Gasteiger charge is 2.12. The maximum Gasteiger partial charge on any atom is 0.292 e. The Kier molecular flexibility index (Phi) is 2.72. The summed E-state index contributed by atoms with van der Waals surface area (Å²) in [5.41, 5.74) is 2.52. The first-order valence-corrected chi connectivity index (χ1v) is 5.92. The molecule has 0 radical (unpaired) electrons. The van der Waals surface area contributed by atoms with Crippen LogP contribution in [0.5, 0.6) is 0 Å². The van der Waals surface area contributed by atoms with Crippen LogP contribution in [0.1, 0.15) is 16.2 Å². The van der Waals surface area contributed by atoms with Crippen LogP contribution in [0.25, 0.3) is 11.0 Å². The van der Waals surface area contributed by atoms with Crippen molar-refractivity contribution in [2.45, 2.75) is 6.92 Å². The zero-order valence-electron chi connectivity index (χ0n) is 10.3. The Balaban J connectivity index is 1.90. The minimum atomic E-state index is -0.294. The first-order valence-electron chi connectivity index (χ1n) is 5.92. The van der Waals surface area contributed by atoms with Crippen molar-refractivity contribution in [3.63, 3.8) is 0 Å². The van der Waals surface area contributed by atoms with Crippen molar-refractivity contribution in [2.75, 3.05) is 5.32 Å². The highest BCUT2D eigenvalue weighted by Crippen LogP contribution is 2.13. The van der Waals surface area contributed by atoms with Gasteiger partial charge in [0.1, 0.15) is 5.82 Å². The Bertz CT molecular complexity index is 715. The third-order valence-corrected chi connectivity index (χ3v) is 2.85. The second-order valence-electron chi connectivity index (χ2n) is 4.23. The zero-order valence-corrected chi connectivity index (χ0v) is 10.3. The molecule has 0 aliphatic carbocycles. The van der Waals surface area contributed by atoms with Gasteiger partial charge in [0.25, 0.3) is 5.91 Å². The normalized spacial score (nSPS) is 10.6. The lowest BCUT2D eigenvalue weighted by atomic mass is 10.3. The van der Waals surface area contributed by atoms with Gasteiger partial charge in [-0.15, -0.1) is 0 Å². The van der Waals surface area contributed by atoms with Crippen LogP contribution in [0.15, 0.2) is 42.6 Å². The monoisotopic (exact) mass is 252 g/mol. The Morgan fingerprint density at radius 2 is 2.05 bits per heavy atom. The number of anilines is 1. The van der Waals surface area contributed by atoms with Gasteiger partial charge in [0.05, 0.1) is 11.0 Å². The van der Waals surface area contributed by atoms with Gasteiger partial charge in [0.15, 0.2) is 5.82 Å². The molecule has 1 amide bonds. The summed E-state index contributed by atoms with van der Waals surface area (Å²) in [7, 11) is 0. The summed E-state index contributed by atoms with van der Waals surface area (Å²) in [6, 6.07) is 11.2. The van der Waals surface area contributed by atoms with Crippen LogP contribution in [-0.4, -0.2) is 20.9 Å². The number of aromatic amines is 1. The van der Waals surface area contributed by atoms with Gasteiger partial charge in [0, 0.05) is 6.20 Å². The highest BCUT2D eigenvalue weighted by molar-refractivity contribution is 6.03. The first kappa shape index (κ1) is 11.4. The molecule has 0 unspecified atom stereocenters. The third kappa shape index (κ3) is 2.18. The number of benzene rings is 1. The molecule has 5 nitrogen and oxygen atoms in total. The van der Waals surface area contributed by atoms with Gasteiger partial charge in [-0.05, 0) is 30.7 Å². The largest absolute Gasteiger partial charge is 0.334 e. The van der Waals surface area contributed by atoms with Crippen molar-refractivity contribution in [1.29, 1.82) is 0 Å². The zero-order chi connectivity index (χ0) is 13.2. The fourth-order valence-electron chi connectivity index (χ4n) is 1.84. The van der Waals surface area contributed by atoms with E-state index in [0.717, 1.165) is 16.6 Å². The quantitative estimate of drug-likeness (QED) is 0.736. The van der Waals surface area contributed by atoms with E-state index >= 15 is 0 Å². The maximum atomic E-state index is 12.1. The molecule has 2 aromatic heterocycles. The van der Waals surface area contributed by atoms with Crippen LogP contribution < -0.4 is 5.32 Å². The van der Waals surface area contributed by atoms with Crippen molar-refractivity contribution in [1.82, 2.24) is 15.0 Å². The number of aryl methyl sites for hydroxylation is 1. The summed E-state index contributed by atoms with van der Waals surface area (Å²) in [5, 5.41) is 2.74. The van der Waals surface area contributed by atoms with E-state index in [-0.39, 0.29) is 11.7 Å². The summed E-state index contributed by atoms with van der Waals surface area (Å²) in [5.74, 6) is 0.539. The predicted octanol–water partition coefficient (Wildman–Crippen LogP) is 2.52. The van der Waals surface area contributed by atoms with E-state index in [1.54, 1.807) is 6.20 Å². The van der Waals surface area contributed by atoms with Gasteiger partial charge in [-0.2, -0.15) is 0 Å². The van der Waals surface area contributed by atoms with Crippen LogP contribution in [0, 0.1) is 6.92 Å². The molecule has 0 atom stereocenters. The van der Waals surface area contributed by atoms with Crippen LogP contribution in [0.4, 0.5) is 5.82 Å². The SMILES string of the molecule is Cc1cccnc1NC(=O)c1nc2ccccc2[nH]1. The molecule has 19 heavy (non-hydrogen) atoms. The van der Waals surface area contributed by atoms with Gasteiger partial charge in [-0.3, -0.25) is 4.79 Å². The van der Waals surface area contributed by atoms with E-state index < -0.39 is 0 Å². The molecule has 94 valence electrons. The average molecular weight is 252 g/mol. The first-order chi connectivity index (χ1) is 9.24. The third-order valence-electron chi connectivity index (χ3n) is 2.85. The van der Waals surface area contributed by atoms with Crippen molar-refractivity contribution in [3.05, 3.63) is 54.0 Å². The number of carbonyl (C=O) groups excluding carboxylic acids is 1. The van der Waals surface area contributed by atoms with E-state index in [4.69, 9.17) is 0 Å². The lowest BCUT2D eigenvalue weighted by Crippen LogP contribution is -2.15. The number of hydrogen-bond acceptors (Lipinski definition) is 3. The molecule has 0 saturated heterocycles. The molecule has 0 spiro atoms. The number of H-pyrrole nitrogens is 1. The molecular weight excluding hydrogens is 240 g/mol. The molecule has 2 heterocycles. The van der Waals surface area contributed by atoms with Gasteiger partial charge in [-0.1, -0.05) is 18.2 Å². The number of amides is 1. The van der Waals surface area contributed by atoms with E-state index in [1.807, 2.05) is 43.3 Å². The number of imidazole rings is 1. The van der Waals surface area contributed by atoms with Gasteiger partial charge >= 0.3 is 0 Å². The van der Waals surface area contributed by atoms with Crippen molar-refractivity contribution >= 4 is 22.8 Å². The van der Waals surface area contributed by atoms with E-state index in [9.17, 15) is 4.79 Å². The number of nitrogens with one attached hydrogen (secondary N) is 2. The number of nitrogens with zero attached hydrogens (tertiary/aromatic N) is 2. The van der Waals surface area contributed by atoms with E-state index in [2.05, 4.69) is 20.3 Å². The molecule has 5 heteroatoms. The Morgan fingerprint density at radius 3 is 2.84 bits per heavy atom. The Labute approximate surface area is 109 Å². The van der Waals surface area contributed by atoms with E-state index in [0.29, 0.717) is 5.82 Å². The molecule has 3 rings (SSSR count). The number of para-hydroxylation sites is 2. The van der Waals surface area contributed by atoms with Gasteiger partial charge < -0.3 is 10.3 Å². The lowest BCUT2D eigenvalue weighted by molar-refractivity contribution is 0.101. The minimum absolute atomic E-state index is 0.284. The summed E-state index contributed by atoms with van der Waals surface area (Å²) in [6.07, 6.45) is 1.64. The molecule has 0 bridgehead atoms. The van der Waals surface area contributed by atoms with Crippen LogP contribution in [-0.2, 0) is 0 Å². The number of hydrogen-bond donors (Lipinski definition) is 2. The molecular formula is C14H12N4O. The van der Waals surface area contributed by atoms with Crippen molar-refractivity contribution < 1.29 is 4.79 Å². The Hall–Kier alpha value is -2.69. The maximum absolute atomic E-state index is 12.1. The number of fused-ring (bicyclic) bond motifs is 1. The molecule has 2 N–H and O–H groups in total. The molecule has 3 aromatic rings. The molecule has 0 aliphatic rings. The van der Waals surface area contributed by atoms with Crippen LogP contribution in [0.3, 0.4) is 0 Å². The lowest BCUT2D eigenvalue weighted by Gasteiger charge is -2.04. The van der Waals surface area contributed by atoms with Gasteiger partial charge in [-0.25, -0.2) is 9.97 Å². The summed E-state index contributed by atoms with van der Waals surface area (Å²) in [4.78, 5) is 23.4. The summed E-state index contributed by atoms with van der Waals surface area (Å²) in [6.45, 7) is 1.89. The molecule has 0 saturated carbocycles. The molecule has 0 fully saturated rings. The molecule has 1 aromatic carbocycles. The Morgan fingerprint density at radius 1 is 1.21 bits per heavy atom. The summed E-state index contributed by atoms with van der Waals surface area (Å²) >= 11 is 0. The summed E-state index contributed by atoms with van der Waals surface area (Å²) < 4.78 is 0. The fourth-order valence-corrected chi connectivity index (χ4v) is 1.84. The second kappa shape index (κ2) is 4.53. The topological polar surface area (TPSA) is 70.7 Å². The van der Waals surface area contributed by atoms with Crippen molar-refractivity contribution in [3.8, 4) is 0 Å². The van der Waals surface area contributed by atoms with Crippen LogP contribution in [0.2, 0.25) is 0 Å². The predicted molar refractivity (Wildman–Crippen MR) is 73.0 cm³/mol. The number of aromatic nitrogens is 3.